The average Bonchev–Trinajstić information content (AvgIpc) is 1.59. The lowest BCUT2D eigenvalue weighted by Crippen LogP contribution is -2.39. The number of aliphatic hydroxyl groups is 1. The molecule has 3 nitrogen and oxygen atoms in total. The Hall–Kier alpha value is -0.120. The summed E-state index contributed by atoms with van der Waals surface area (Å²) >= 11 is 0. The van der Waals surface area contributed by atoms with Gasteiger partial charge in [-0.15, -0.1) is 0 Å². The third-order valence-electron chi connectivity index (χ3n) is 1.06. The van der Waals surface area contributed by atoms with Crippen LogP contribution in [0.3, 0.4) is 0 Å². The number of nitrogens with zero attached hydrogens (tertiary/aromatic N) is 1. The molecule has 0 aromatic heterocycles. The lowest BCUT2D eigenvalue weighted by Gasteiger charge is -2.26. The summed E-state index contributed by atoms with van der Waals surface area (Å²) in [6.45, 7) is 4.60. The molecule has 62 valence electrons. The fourth-order valence-electron chi connectivity index (χ4n) is 0.943. The van der Waals surface area contributed by atoms with Crippen molar-refractivity contribution < 1.29 is 9.84 Å². The van der Waals surface area contributed by atoms with Crippen LogP contribution in [0.25, 0.3) is 0 Å². The Morgan fingerprint density at radius 3 is 2.30 bits per heavy atom. The van der Waals surface area contributed by atoms with E-state index in [9.17, 15) is 5.11 Å². The molecular formula is C7H17NO2. The first-order valence-electron chi connectivity index (χ1n) is 3.49. The van der Waals surface area contributed by atoms with Gasteiger partial charge < -0.3 is 14.7 Å². The molecule has 0 aliphatic heterocycles. The van der Waals surface area contributed by atoms with E-state index in [1.54, 1.807) is 6.92 Å². The lowest BCUT2D eigenvalue weighted by atomic mass is 10.3. The topological polar surface area (TPSA) is 32.7 Å². The Balaban J connectivity index is 3.63. The minimum Gasteiger partial charge on any atom is -0.365 e. The van der Waals surface area contributed by atoms with Crippen molar-refractivity contribution in [3.05, 3.63) is 0 Å². The molecule has 1 atom stereocenters. The second kappa shape index (κ2) is 3.91. The van der Waals surface area contributed by atoms with E-state index in [-0.39, 0.29) is 0 Å². The molecule has 1 unspecified atom stereocenters. The molecule has 0 saturated carbocycles. The van der Waals surface area contributed by atoms with Crippen molar-refractivity contribution in [3.63, 3.8) is 0 Å². The van der Waals surface area contributed by atoms with Crippen molar-refractivity contribution >= 4 is 0 Å². The van der Waals surface area contributed by atoms with Gasteiger partial charge in [-0.25, -0.2) is 0 Å². The number of hydrogen-bond donors (Lipinski definition) is 1. The van der Waals surface area contributed by atoms with Gasteiger partial charge >= 0.3 is 0 Å². The zero-order valence-corrected chi connectivity index (χ0v) is 7.22. The standard InChI is InChI=1S/C7H17NO2/c1-5-10-7(2,9)6-8(3)4/h9H,5-6H2,1-4H3. The quantitative estimate of drug-likeness (QED) is 0.580. The van der Waals surface area contributed by atoms with Gasteiger partial charge in [0.25, 0.3) is 0 Å². The molecule has 0 aliphatic rings. The van der Waals surface area contributed by atoms with Crippen molar-refractivity contribution in [1.29, 1.82) is 0 Å². The van der Waals surface area contributed by atoms with Crippen molar-refractivity contribution in [2.45, 2.75) is 19.6 Å². The molecule has 0 spiro atoms. The smallest absolute Gasteiger partial charge is 0.175 e. The predicted octanol–water partition coefficient (Wildman–Crippen LogP) is 0.293. The van der Waals surface area contributed by atoms with E-state index >= 15 is 0 Å². The predicted molar refractivity (Wildman–Crippen MR) is 40.8 cm³/mol. The van der Waals surface area contributed by atoms with Crippen molar-refractivity contribution in [3.8, 4) is 0 Å². The van der Waals surface area contributed by atoms with Crippen LogP contribution in [0.4, 0.5) is 0 Å². The molecule has 0 aromatic carbocycles. The van der Waals surface area contributed by atoms with Gasteiger partial charge in [-0.1, -0.05) is 0 Å². The summed E-state index contributed by atoms with van der Waals surface area (Å²) in [5.41, 5.74) is 0. The highest BCUT2D eigenvalue weighted by atomic mass is 16.6. The molecule has 3 heteroatoms. The Kier molecular flexibility index (Phi) is 3.86. The summed E-state index contributed by atoms with van der Waals surface area (Å²) < 4.78 is 5.05. The van der Waals surface area contributed by atoms with Crippen LogP contribution in [0.15, 0.2) is 0 Å². The second-order valence-electron chi connectivity index (χ2n) is 2.85. The first-order valence-corrected chi connectivity index (χ1v) is 3.49. The Morgan fingerprint density at radius 1 is 1.50 bits per heavy atom. The van der Waals surface area contributed by atoms with E-state index in [2.05, 4.69) is 0 Å². The molecule has 0 bridgehead atoms. The molecule has 0 rings (SSSR count). The third-order valence-corrected chi connectivity index (χ3v) is 1.06. The molecule has 10 heavy (non-hydrogen) atoms. The third kappa shape index (κ3) is 4.73. The van der Waals surface area contributed by atoms with E-state index in [0.717, 1.165) is 0 Å². The zero-order valence-electron chi connectivity index (χ0n) is 7.22. The highest BCUT2D eigenvalue weighted by molar-refractivity contribution is 4.62. The molecule has 1 N–H and O–H groups in total. The molecule has 0 aromatic rings. The first-order chi connectivity index (χ1) is 4.48. The molecule has 0 amide bonds. The maximum Gasteiger partial charge on any atom is 0.175 e. The number of rotatable bonds is 4. The summed E-state index contributed by atoms with van der Waals surface area (Å²) in [6, 6.07) is 0. The van der Waals surface area contributed by atoms with E-state index in [4.69, 9.17) is 4.74 Å². The molecule has 0 fully saturated rings. The largest absolute Gasteiger partial charge is 0.365 e. The molecule has 0 heterocycles. The normalized spacial score (nSPS) is 17.4. The molecule has 0 aliphatic carbocycles. The van der Waals surface area contributed by atoms with Crippen molar-refractivity contribution in [2.24, 2.45) is 0 Å². The number of hydrogen-bond acceptors (Lipinski definition) is 3. The SMILES string of the molecule is CCOC(C)(O)CN(C)C. The summed E-state index contributed by atoms with van der Waals surface area (Å²) in [6.07, 6.45) is 0. The fourth-order valence-corrected chi connectivity index (χ4v) is 0.943. The molecule has 0 saturated heterocycles. The highest BCUT2D eigenvalue weighted by Gasteiger charge is 2.20. The Labute approximate surface area is 62.6 Å². The van der Waals surface area contributed by atoms with Crippen LogP contribution in [0.2, 0.25) is 0 Å². The first kappa shape index (κ1) is 9.88. The van der Waals surface area contributed by atoms with Gasteiger partial charge in [0, 0.05) is 6.61 Å². The minimum absolute atomic E-state index is 0.529. The van der Waals surface area contributed by atoms with Gasteiger partial charge in [-0.3, -0.25) is 0 Å². The van der Waals surface area contributed by atoms with Crippen molar-refractivity contribution in [1.82, 2.24) is 4.90 Å². The highest BCUT2D eigenvalue weighted by Crippen LogP contribution is 2.05. The average molecular weight is 147 g/mol. The maximum absolute atomic E-state index is 9.42. The maximum atomic E-state index is 9.42. The van der Waals surface area contributed by atoms with E-state index in [0.29, 0.717) is 13.2 Å². The van der Waals surface area contributed by atoms with Gasteiger partial charge in [0.2, 0.25) is 0 Å². The molecule has 0 radical (unpaired) electrons. The van der Waals surface area contributed by atoms with Crippen LogP contribution >= 0.6 is 0 Å². The van der Waals surface area contributed by atoms with Crippen LogP contribution < -0.4 is 0 Å². The summed E-state index contributed by atoms with van der Waals surface area (Å²) in [5.74, 6) is -1.00. The fraction of sp³-hybridized carbons (Fsp3) is 1.00. The minimum atomic E-state index is -1.00. The van der Waals surface area contributed by atoms with E-state index in [1.807, 2.05) is 25.9 Å². The van der Waals surface area contributed by atoms with Crippen LogP contribution in [-0.2, 0) is 4.74 Å². The van der Waals surface area contributed by atoms with Crippen LogP contribution in [0.1, 0.15) is 13.8 Å². The van der Waals surface area contributed by atoms with Crippen LogP contribution in [-0.4, -0.2) is 43.0 Å². The zero-order chi connectivity index (χ0) is 8.20. The van der Waals surface area contributed by atoms with Crippen LogP contribution in [0.5, 0.6) is 0 Å². The van der Waals surface area contributed by atoms with Gasteiger partial charge in [0.05, 0.1) is 6.54 Å². The van der Waals surface area contributed by atoms with Gasteiger partial charge in [-0.2, -0.15) is 0 Å². The molecular weight excluding hydrogens is 130 g/mol. The van der Waals surface area contributed by atoms with E-state index < -0.39 is 5.79 Å². The summed E-state index contributed by atoms with van der Waals surface area (Å²) in [7, 11) is 3.79. The number of ether oxygens (including phenoxy) is 1. The van der Waals surface area contributed by atoms with Crippen LogP contribution in [0, 0.1) is 0 Å². The lowest BCUT2D eigenvalue weighted by molar-refractivity contribution is -0.193. The Morgan fingerprint density at radius 2 is 2.00 bits per heavy atom. The van der Waals surface area contributed by atoms with E-state index in [1.165, 1.54) is 0 Å². The monoisotopic (exact) mass is 147 g/mol. The number of likely N-dealkylation sites (N-methyl/N-ethyl adjacent to an activating group) is 1. The summed E-state index contributed by atoms with van der Waals surface area (Å²) in [4.78, 5) is 1.88. The Bertz CT molecular complexity index is 91.6. The van der Waals surface area contributed by atoms with Crippen molar-refractivity contribution in [2.75, 3.05) is 27.2 Å². The second-order valence-corrected chi connectivity index (χ2v) is 2.85. The van der Waals surface area contributed by atoms with Gasteiger partial charge in [-0.05, 0) is 27.9 Å². The summed E-state index contributed by atoms with van der Waals surface area (Å²) in [5, 5.41) is 9.42. The van der Waals surface area contributed by atoms with Gasteiger partial charge in [0.1, 0.15) is 0 Å². The van der Waals surface area contributed by atoms with Gasteiger partial charge in [0.15, 0.2) is 5.79 Å².